The molecule has 0 atom stereocenters. The Balaban J connectivity index is -0.0000000514. The van der Waals surface area contributed by atoms with Crippen LogP contribution < -0.4 is 5.32 Å². The first-order valence-electron chi connectivity index (χ1n) is 6.25. The fraction of sp³-hybridized carbons (Fsp3) is 0.786. The van der Waals surface area contributed by atoms with Crippen LogP contribution in [0, 0.1) is 0 Å². The number of esters is 2. The Labute approximate surface area is 129 Å². The van der Waals surface area contributed by atoms with Crippen LogP contribution in [0.2, 0.25) is 0 Å². The summed E-state index contributed by atoms with van der Waals surface area (Å²) in [4.78, 5) is 28.6. The maximum absolute atomic E-state index is 9.59. The van der Waals surface area contributed by atoms with E-state index in [1.165, 1.54) is 41.9 Å². The summed E-state index contributed by atoms with van der Waals surface area (Å²) in [6.45, 7) is 9.22. The lowest BCUT2D eigenvalue weighted by atomic mass is 10.5. The normalized spacial score (nSPS) is 7.05. The van der Waals surface area contributed by atoms with Gasteiger partial charge in [-0.3, -0.25) is 9.59 Å². The van der Waals surface area contributed by atoms with Crippen molar-refractivity contribution in [1.82, 2.24) is 5.32 Å². The van der Waals surface area contributed by atoms with Gasteiger partial charge >= 0.3 is 11.9 Å². The molecule has 2 N–H and O–H groups in total. The third-order valence-corrected chi connectivity index (χ3v) is 0.575. The van der Waals surface area contributed by atoms with Gasteiger partial charge in [0.15, 0.2) is 0 Å². The van der Waals surface area contributed by atoms with Crippen LogP contribution in [0.5, 0.6) is 0 Å². The number of carbonyl (C=O) groups excluding carboxylic acids is 3. The largest absolute Gasteiger partial charge is 0.469 e. The Kier molecular flexibility index (Phi) is 47.0. The van der Waals surface area contributed by atoms with Crippen molar-refractivity contribution in [2.45, 2.75) is 47.6 Å². The van der Waals surface area contributed by atoms with Crippen LogP contribution in [0.25, 0.3) is 0 Å². The van der Waals surface area contributed by atoms with Gasteiger partial charge in [0.25, 0.3) is 0 Å². The molecule has 130 valence electrons. The van der Waals surface area contributed by atoms with E-state index in [0.29, 0.717) is 0 Å². The number of hydrogen-bond acceptors (Lipinski definition) is 7. The van der Waals surface area contributed by atoms with E-state index < -0.39 is 0 Å². The number of hydrogen-bond donors (Lipinski definition) is 2. The van der Waals surface area contributed by atoms with Gasteiger partial charge in [-0.2, -0.15) is 0 Å². The summed E-state index contributed by atoms with van der Waals surface area (Å²) >= 11 is 0. The smallest absolute Gasteiger partial charge is 0.302 e. The van der Waals surface area contributed by atoms with Gasteiger partial charge in [0.1, 0.15) is 5.78 Å². The molecule has 0 rings (SSSR count). The van der Waals surface area contributed by atoms with Crippen molar-refractivity contribution in [3.05, 3.63) is 0 Å². The van der Waals surface area contributed by atoms with Gasteiger partial charge in [-0.25, -0.2) is 0 Å². The van der Waals surface area contributed by atoms with Crippen molar-refractivity contribution in [2.75, 3.05) is 28.3 Å². The molecule has 0 aromatic rings. The molecule has 0 aromatic carbocycles. The average Bonchev–Trinajstić information content (AvgIpc) is 2.29. The molecule has 0 aliphatic rings. The zero-order valence-electron chi connectivity index (χ0n) is 15.1. The third kappa shape index (κ3) is 791. The Bertz CT molecular complexity index is 209. The van der Waals surface area contributed by atoms with E-state index in [1.807, 2.05) is 14.1 Å². The minimum atomic E-state index is -0.245. The molecule has 7 nitrogen and oxygen atoms in total. The van der Waals surface area contributed by atoms with Crippen LogP contribution in [-0.2, 0) is 23.9 Å². The SMILES string of the molecule is CC(C)=O.CC(C)O.CNC.COC(C)=O.COC(C)=O. The average molecular weight is 311 g/mol. The molecule has 0 saturated carbocycles. The minimum Gasteiger partial charge on any atom is -0.469 e. The summed E-state index contributed by atoms with van der Waals surface area (Å²) in [5, 5.41) is 10.8. The summed E-state index contributed by atoms with van der Waals surface area (Å²) in [5.41, 5.74) is 0. The van der Waals surface area contributed by atoms with Crippen LogP contribution in [0.3, 0.4) is 0 Å². The zero-order chi connectivity index (χ0) is 18.4. The van der Waals surface area contributed by atoms with Gasteiger partial charge < -0.3 is 24.7 Å². The van der Waals surface area contributed by atoms with E-state index >= 15 is 0 Å². The zero-order valence-corrected chi connectivity index (χ0v) is 15.1. The van der Waals surface area contributed by atoms with Crippen LogP contribution in [-0.4, -0.2) is 57.2 Å². The van der Waals surface area contributed by atoms with Gasteiger partial charge in [-0.1, -0.05) is 0 Å². The number of ether oxygens (including phenoxy) is 2. The predicted molar refractivity (Wildman–Crippen MR) is 84.1 cm³/mol. The molecule has 0 bridgehead atoms. The molecule has 0 fully saturated rings. The topological polar surface area (TPSA) is 102 Å². The maximum atomic E-state index is 9.59. The Morgan fingerprint density at radius 1 is 0.857 bits per heavy atom. The molecule has 0 unspecified atom stereocenters. The van der Waals surface area contributed by atoms with Gasteiger partial charge in [0.2, 0.25) is 0 Å². The number of Topliss-reactive ketones (excluding diaryl/α,β-unsaturated/α-hetero) is 1. The summed E-state index contributed by atoms with van der Waals surface area (Å²) < 4.78 is 8.22. The second-order valence-electron chi connectivity index (χ2n) is 3.89. The number of methoxy groups -OCH3 is 2. The molecular formula is C14H33NO6. The number of aliphatic hydroxyl groups is 1. The lowest BCUT2D eigenvalue weighted by Crippen LogP contribution is -1.89. The van der Waals surface area contributed by atoms with Crippen LogP contribution in [0.15, 0.2) is 0 Å². The van der Waals surface area contributed by atoms with E-state index in [0.717, 1.165) is 0 Å². The highest BCUT2D eigenvalue weighted by molar-refractivity contribution is 5.72. The van der Waals surface area contributed by atoms with Crippen molar-refractivity contribution >= 4 is 17.7 Å². The van der Waals surface area contributed by atoms with Crippen LogP contribution in [0.4, 0.5) is 0 Å². The number of carbonyl (C=O) groups is 3. The van der Waals surface area contributed by atoms with Gasteiger partial charge in [-0.05, 0) is 41.8 Å². The molecule has 0 aliphatic carbocycles. The number of nitrogens with one attached hydrogen (secondary N) is 1. The first-order valence-corrected chi connectivity index (χ1v) is 6.25. The fourth-order valence-corrected chi connectivity index (χ4v) is 0. The first-order chi connectivity index (χ1) is 9.42. The predicted octanol–water partition coefficient (Wildman–Crippen LogP) is 1.18. The number of ketones is 1. The number of rotatable bonds is 0. The van der Waals surface area contributed by atoms with Crippen molar-refractivity contribution in [3.8, 4) is 0 Å². The Hall–Kier alpha value is -1.47. The van der Waals surface area contributed by atoms with Gasteiger partial charge in [0.05, 0.1) is 14.2 Å². The van der Waals surface area contributed by atoms with Crippen molar-refractivity contribution in [2.24, 2.45) is 0 Å². The molecule has 0 saturated heterocycles. The minimum absolute atomic E-state index is 0.167. The van der Waals surface area contributed by atoms with E-state index in [4.69, 9.17) is 5.11 Å². The second kappa shape index (κ2) is 31.1. The van der Waals surface area contributed by atoms with Crippen LogP contribution >= 0.6 is 0 Å². The van der Waals surface area contributed by atoms with Gasteiger partial charge in [-0.15, -0.1) is 0 Å². The monoisotopic (exact) mass is 311 g/mol. The molecule has 0 heterocycles. The summed E-state index contributed by atoms with van der Waals surface area (Å²) in [5.74, 6) is -0.324. The summed E-state index contributed by atoms with van der Waals surface area (Å²) in [7, 11) is 6.45. The highest BCUT2D eigenvalue weighted by atomic mass is 16.5. The quantitative estimate of drug-likeness (QED) is 0.647. The molecule has 7 heteroatoms. The number of aliphatic hydroxyl groups excluding tert-OH is 1. The molecular weight excluding hydrogens is 278 g/mol. The van der Waals surface area contributed by atoms with E-state index in [1.54, 1.807) is 13.8 Å². The lowest BCUT2D eigenvalue weighted by molar-refractivity contribution is -0.138. The molecule has 0 radical (unpaired) electrons. The third-order valence-electron chi connectivity index (χ3n) is 0.575. The molecule has 0 amide bonds. The van der Waals surface area contributed by atoms with Crippen molar-refractivity contribution in [3.63, 3.8) is 0 Å². The summed E-state index contributed by atoms with van der Waals surface area (Å²) in [6.07, 6.45) is -0.167. The van der Waals surface area contributed by atoms with E-state index in [9.17, 15) is 14.4 Å². The Morgan fingerprint density at radius 3 is 0.905 bits per heavy atom. The van der Waals surface area contributed by atoms with Crippen LogP contribution in [0.1, 0.15) is 41.5 Å². The molecule has 0 spiro atoms. The highest BCUT2D eigenvalue weighted by Crippen LogP contribution is 1.65. The van der Waals surface area contributed by atoms with Crippen molar-refractivity contribution in [1.29, 1.82) is 0 Å². The molecule has 0 aromatic heterocycles. The first kappa shape index (κ1) is 31.8. The standard InChI is InChI=1S/2C3H6O2.C3H8O.C3H6O.C2H7N/c2*1-3(4)5-2;2*1-3(2)4;1-3-2/h2*1-2H3;3-4H,1-2H3;1-2H3;3H,1-2H3. The molecule has 21 heavy (non-hydrogen) atoms. The van der Waals surface area contributed by atoms with E-state index in [2.05, 4.69) is 14.8 Å². The maximum Gasteiger partial charge on any atom is 0.302 e. The lowest BCUT2D eigenvalue weighted by Gasteiger charge is -1.80. The summed E-state index contributed by atoms with van der Waals surface area (Å²) in [6, 6.07) is 0. The highest BCUT2D eigenvalue weighted by Gasteiger charge is 1.76. The van der Waals surface area contributed by atoms with Gasteiger partial charge in [0, 0.05) is 20.0 Å². The fourth-order valence-electron chi connectivity index (χ4n) is 0. The van der Waals surface area contributed by atoms with E-state index in [-0.39, 0.29) is 23.8 Å². The van der Waals surface area contributed by atoms with Crippen molar-refractivity contribution < 1.29 is 29.0 Å². The second-order valence-corrected chi connectivity index (χ2v) is 3.89. The molecule has 0 aliphatic heterocycles. The Morgan fingerprint density at radius 2 is 0.905 bits per heavy atom.